The van der Waals surface area contributed by atoms with Crippen LogP contribution in [0.25, 0.3) is 11.1 Å². The molecule has 5 heteroatoms. The zero-order valence-corrected chi connectivity index (χ0v) is 18.1. The van der Waals surface area contributed by atoms with E-state index in [0.717, 1.165) is 11.1 Å². The lowest BCUT2D eigenvalue weighted by molar-refractivity contribution is -0.151. The summed E-state index contributed by atoms with van der Waals surface area (Å²) in [6, 6.07) is 16.3. The SMILES string of the molecule is CCCN(C(=O)OCC1c2ccccc2-c2ccccc21)C(CC)(CCC)C(=O)O. The topological polar surface area (TPSA) is 66.8 Å². The maximum atomic E-state index is 13.1. The van der Waals surface area contributed by atoms with Crippen molar-refractivity contribution in [2.75, 3.05) is 13.2 Å². The molecule has 1 atom stereocenters. The molecule has 1 aliphatic carbocycles. The smallest absolute Gasteiger partial charge is 0.410 e. The van der Waals surface area contributed by atoms with Crippen molar-refractivity contribution in [2.24, 2.45) is 0 Å². The number of nitrogens with zero attached hydrogens (tertiary/aromatic N) is 1. The molecule has 1 N–H and O–H groups in total. The van der Waals surface area contributed by atoms with Crippen molar-refractivity contribution in [3.05, 3.63) is 59.7 Å². The average molecular weight is 410 g/mol. The molecule has 0 heterocycles. The van der Waals surface area contributed by atoms with Crippen LogP contribution in [0.1, 0.15) is 63.5 Å². The molecule has 2 aromatic carbocycles. The third-order valence-corrected chi connectivity index (χ3v) is 6.17. The number of hydrogen-bond donors (Lipinski definition) is 1. The van der Waals surface area contributed by atoms with Crippen LogP contribution in [0.3, 0.4) is 0 Å². The number of carboxylic acid groups (broad SMARTS) is 1. The van der Waals surface area contributed by atoms with Crippen LogP contribution >= 0.6 is 0 Å². The fourth-order valence-corrected chi connectivity index (χ4v) is 4.67. The molecule has 0 radical (unpaired) electrons. The minimum absolute atomic E-state index is 0.0446. The van der Waals surface area contributed by atoms with E-state index >= 15 is 0 Å². The van der Waals surface area contributed by atoms with Gasteiger partial charge >= 0.3 is 12.1 Å². The van der Waals surface area contributed by atoms with Crippen molar-refractivity contribution in [1.29, 1.82) is 0 Å². The first kappa shape index (κ1) is 21.9. The number of carboxylic acids is 1. The molecule has 3 rings (SSSR count). The summed E-state index contributed by atoms with van der Waals surface area (Å²) in [5.74, 6) is -1.01. The number of hydrogen-bond acceptors (Lipinski definition) is 3. The van der Waals surface area contributed by atoms with Crippen molar-refractivity contribution < 1.29 is 19.4 Å². The summed E-state index contributed by atoms with van der Waals surface area (Å²) in [4.78, 5) is 26.8. The van der Waals surface area contributed by atoms with Crippen LogP contribution in [0.4, 0.5) is 4.79 Å². The molecular formula is C25H31NO4. The highest BCUT2D eigenvalue weighted by atomic mass is 16.6. The standard InChI is InChI=1S/C25H31NO4/c1-4-15-25(6-3,23(27)28)26(16-5-2)24(29)30-17-22-20-13-9-7-11-18(20)19-12-8-10-14-21(19)22/h7-14,22H,4-6,15-17H2,1-3H3,(H,27,28). The Labute approximate surface area is 178 Å². The second-order valence-corrected chi connectivity index (χ2v) is 7.90. The summed E-state index contributed by atoms with van der Waals surface area (Å²) in [7, 11) is 0. The van der Waals surface area contributed by atoms with Crippen LogP contribution in [-0.2, 0) is 9.53 Å². The van der Waals surface area contributed by atoms with Gasteiger partial charge in [-0.1, -0.05) is 75.7 Å². The molecule has 0 fully saturated rings. The van der Waals surface area contributed by atoms with Gasteiger partial charge in [0, 0.05) is 12.5 Å². The largest absolute Gasteiger partial charge is 0.479 e. The van der Waals surface area contributed by atoms with Gasteiger partial charge in [0.1, 0.15) is 12.1 Å². The van der Waals surface area contributed by atoms with Crippen LogP contribution in [0.2, 0.25) is 0 Å². The van der Waals surface area contributed by atoms with Gasteiger partial charge in [0.05, 0.1) is 0 Å². The van der Waals surface area contributed by atoms with E-state index in [9.17, 15) is 14.7 Å². The maximum absolute atomic E-state index is 13.1. The van der Waals surface area contributed by atoms with Crippen molar-refractivity contribution in [3.63, 3.8) is 0 Å². The molecule has 0 aromatic heterocycles. The predicted molar refractivity (Wildman–Crippen MR) is 118 cm³/mol. The molecule has 5 nitrogen and oxygen atoms in total. The molecule has 1 unspecified atom stereocenters. The predicted octanol–water partition coefficient (Wildman–Crippen LogP) is 5.68. The summed E-state index contributed by atoms with van der Waals surface area (Å²) in [5.41, 5.74) is 3.38. The minimum Gasteiger partial charge on any atom is -0.479 e. The lowest BCUT2D eigenvalue weighted by atomic mass is 9.88. The van der Waals surface area contributed by atoms with Crippen LogP contribution in [0, 0.1) is 0 Å². The Hall–Kier alpha value is -2.82. The molecular weight excluding hydrogens is 378 g/mol. The van der Waals surface area contributed by atoms with Gasteiger partial charge in [-0.05, 0) is 41.5 Å². The Balaban J connectivity index is 1.85. The Kier molecular flexibility index (Phi) is 6.80. The lowest BCUT2D eigenvalue weighted by Crippen LogP contribution is -2.57. The molecule has 30 heavy (non-hydrogen) atoms. The Bertz CT molecular complexity index is 864. The average Bonchev–Trinajstić information content (AvgIpc) is 3.08. The maximum Gasteiger partial charge on any atom is 0.410 e. The highest BCUT2D eigenvalue weighted by molar-refractivity contribution is 5.84. The summed E-state index contributed by atoms with van der Waals surface area (Å²) in [6.07, 6.45) is 1.56. The summed E-state index contributed by atoms with van der Waals surface area (Å²) >= 11 is 0. The summed E-state index contributed by atoms with van der Waals surface area (Å²) in [6.45, 7) is 6.26. The summed E-state index contributed by atoms with van der Waals surface area (Å²) < 4.78 is 5.78. The van der Waals surface area contributed by atoms with Crippen LogP contribution < -0.4 is 0 Å². The minimum atomic E-state index is -1.23. The van der Waals surface area contributed by atoms with Gasteiger partial charge in [0.15, 0.2) is 0 Å². The first-order valence-corrected chi connectivity index (χ1v) is 10.9. The van der Waals surface area contributed by atoms with Gasteiger partial charge in [0.25, 0.3) is 0 Å². The molecule has 2 aromatic rings. The highest BCUT2D eigenvalue weighted by Gasteiger charge is 2.45. The van der Waals surface area contributed by atoms with Gasteiger partial charge in [-0.15, -0.1) is 0 Å². The zero-order chi connectivity index (χ0) is 21.7. The zero-order valence-electron chi connectivity index (χ0n) is 18.1. The number of carbonyl (C=O) groups is 2. The van der Waals surface area contributed by atoms with Crippen molar-refractivity contribution >= 4 is 12.1 Å². The molecule has 1 amide bonds. The van der Waals surface area contributed by atoms with Gasteiger partial charge in [-0.3, -0.25) is 4.90 Å². The van der Waals surface area contributed by atoms with Crippen LogP contribution in [0.5, 0.6) is 0 Å². The number of carbonyl (C=O) groups excluding carboxylic acids is 1. The molecule has 0 spiro atoms. The van der Waals surface area contributed by atoms with Crippen LogP contribution in [-0.4, -0.2) is 40.8 Å². The van der Waals surface area contributed by atoms with Crippen molar-refractivity contribution in [1.82, 2.24) is 4.90 Å². The molecule has 160 valence electrons. The number of ether oxygens (including phenoxy) is 1. The fourth-order valence-electron chi connectivity index (χ4n) is 4.67. The molecule has 0 saturated carbocycles. The van der Waals surface area contributed by atoms with E-state index in [-0.39, 0.29) is 12.5 Å². The second-order valence-electron chi connectivity index (χ2n) is 7.90. The highest BCUT2D eigenvalue weighted by Crippen LogP contribution is 2.44. The Morgan fingerprint density at radius 1 is 0.967 bits per heavy atom. The number of rotatable bonds is 9. The first-order chi connectivity index (χ1) is 14.5. The van der Waals surface area contributed by atoms with Gasteiger partial charge < -0.3 is 9.84 Å². The first-order valence-electron chi connectivity index (χ1n) is 10.9. The van der Waals surface area contributed by atoms with E-state index in [1.165, 1.54) is 16.0 Å². The molecule has 0 saturated heterocycles. The molecule has 0 aliphatic heterocycles. The Morgan fingerprint density at radius 2 is 1.53 bits per heavy atom. The lowest BCUT2D eigenvalue weighted by Gasteiger charge is -2.39. The molecule has 0 bridgehead atoms. The normalized spacial score (nSPS) is 14.5. The van der Waals surface area contributed by atoms with E-state index in [4.69, 9.17) is 4.74 Å². The quantitative estimate of drug-likeness (QED) is 0.578. The summed E-state index contributed by atoms with van der Waals surface area (Å²) in [5, 5.41) is 9.99. The Morgan fingerprint density at radius 3 is 2.00 bits per heavy atom. The second kappa shape index (κ2) is 9.33. The monoisotopic (exact) mass is 409 g/mol. The van der Waals surface area contributed by atoms with Gasteiger partial charge in [-0.25, -0.2) is 9.59 Å². The number of benzene rings is 2. The van der Waals surface area contributed by atoms with Crippen LogP contribution in [0.15, 0.2) is 48.5 Å². The van der Waals surface area contributed by atoms with Crippen molar-refractivity contribution in [3.8, 4) is 11.1 Å². The fraction of sp³-hybridized carbons (Fsp3) is 0.440. The van der Waals surface area contributed by atoms with Crippen molar-refractivity contribution in [2.45, 2.75) is 57.9 Å². The third kappa shape index (κ3) is 3.81. The van der Waals surface area contributed by atoms with Gasteiger partial charge in [-0.2, -0.15) is 0 Å². The van der Waals surface area contributed by atoms with E-state index < -0.39 is 17.6 Å². The van der Waals surface area contributed by atoms with Gasteiger partial charge in [0.2, 0.25) is 0 Å². The van der Waals surface area contributed by atoms with E-state index in [1.54, 1.807) is 0 Å². The van der Waals surface area contributed by atoms with E-state index in [1.807, 2.05) is 45.0 Å². The third-order valence-electron chi connectivity index (χ3n) is 6.17. The number of aliphatic carboxylic acids is 1. The number of amides is 1. The number of fused-ring (bicyclic) bond motifs is 3. The van der Waals surface area contributed by atoms with E-state index in [0.29, 0.717) is 32.2 Å². The molecule has 1 aliphatic rings. The van der Waals surface area contributed by atoms with E-state index in [2.05, 4.69) is 24.3 Å².